The quantitative estimate of drug-likeness (QED) is 0.103. The lowest BCUT2D eigenvalue weighted by atomic mass is 9.96. The van der Waals surface area contributed by atoms with Crippen molar-refractivity contribution < 1.29 is 39.5 Å². The molecule has 4 aromatic carbocycles. The van der Waals surface area contributed by atoms with Crippen LogP contribution in [0, 0.1) is 40.7 Å². The molecule has 0 heterocycles. The Bertz CT molecular complexity index is 1640. The summed E-state index contributed by atoms with van der Waals surface area (Å²) < 4.78 is 128. The van der Waals surface area contributed by atoms with Gasteiger partial charge in [-0.05, 0) is 79.3 Å². The van der Waals surface area contributed by atoms with E-state index in [4.69, 9.17) is 0 Å². The molecule has 0 spiro atoms. The zero-order valence-corrected chi connectivity index (χ0v) is 22.2. The van der Waals surface area contributed by atoms with Gasteiger partial charge in [0.25, 0.3) is 0 Å². The molecule has 0 aliphatic rings. The third-order valence-corrected chi connectivity index (χ3v) is 6.67. The second kappa shape index (κ2) is 13.1. The average Bonchev–Trinajstić information content (AvgIpc) is 2.94. The molecule has 42 heavy (non-hydrogen) atoms. The summed E-state index contributed by atoms with van der Waals surface area (Å²) in [5.41, 5.74) is -0.964. The monoisotopic (exact) mass is 590 g/mol. The first-order valence-electron chi connectivity index (χ1n) is 12.9. The number of benzene rings is 4. The van der Waals surface area contributed by atoms with Crippen LogP contribution in [0.1, 0.15) is 36.5 Å². The fraction of sp³-hybridized carbons (Fsp3) is 0.152. The van der Waals surface area contributed by atoms with Gasteiger partial charge in [0.15, 0.2) is 23.3 Å². The maximum absolute atomic E-state index is 15.0. The van der Waals surface area contributed by atoms with E-state index in [9.17, 15) is 39.5 Å². The zero-order valence-electron chi connectivity index (χ0n) is 22.2. The molecule has 0 radical (unpaired) electrons. The Balaban J connectivity index is 1.50. The highest BCUT2D eigenvalue weighted by Gasteiger charge is 2.18. The van der Waals surface area contributed by atoms with Crippen molar-refractivity contribution in [3.63, 3.8) is 0 Å². The van der Waals surface area contributed by atoms with Crippen LogP contribution in [0.4, 0.5) is 39.5 Å². The number of halogens is 9. The van der Waals surface area contributed by atoms with E-state index in [2.05, 4.69) is 0 Å². The first kappa shape index (κ1) is 30.7. The minimum absolute atomic E-state index is 0.00455. The summed E-state index contributed by atoms with van der Waals surface area (Å²) in [6, 6.07) is 10.1. The van der Waals surface area contributed by atoms with E-state index in [1.165, 1.54) is 24.3 Å². The van der Waals surface area contributed by atoms with Crippen molar-refractivity contribution in [3.05, 3.63) is 136 Å². The number of rotatable bonds is 9. The molecular formula is C33H23F9. The molecule has 0 saturated heterocycles. The highest BCUT2D eigenvalue weighted by molar-refractivity contribution is 5.71. The predicted molar refractivity (Wildman–Crippen MR) is 144 cm³/mol. The number of hydrogen-bond donors (Lipinski definition) is 0. The third kappa shape index (κ3) is 6.78. The van der Waals surface area contributed by atoms with Gasteiger partial charge in [-0.1, -0.05) is 36.4 Å². The fourth-order valence-corrected chi connectivity index (χ4v) is 4.46. The van der Waals surface area contributed by atoms with Crippen molar-refractivity contribution >= 4 is 5.83 Å². The molecule has 218 valence electrons. The summed E-state index contributed by atoms with van der Waals surface area (Å²) in [6.07, 6.45) is 3.06. The summed E-state index contributed by atoms with van der Waals surface area (Å²) in [7, 11) is 0. The number of hydrogen-bond acceptors (Lipinski definition) is 0. The molecular weight excluding hydrogens is 567 g/mol. The van der Waals surface area contributed by atoms with E-state index in [0.717, 1.165) is 12.1 Å². The molecule has 0 atom stereocenters. The first-order valence-corrected chi connectivity index (χ1v) is 12.9. The van der Waals surface area contributed by atoms with Crippen LogP contribution in [0.3, 0.4) is 0 Å². The van der Waals surface area contributed by atoms with Crippen LogP contribution in [0.15, 0.2) is 78.6 Å². The Labute approximate surface area is 236 Å². The van der Waals surface area contributed by atoms with Crippen molar-refractivity contribution in [2.45, 2.75) is 32.6 Å². The summed E-state index contributed by atoms with van der Waals surface area (Å²) in [6.45, 7) is 1.72. The van der Waals surface area contributed by atoms with Gasteiger partial charge < -0.3 is 0 Å². The molecule has 0 aliphatic heterocycles. The maximum Gasteiger partial charge on any atom is 0.194 e. The van der Waals surface area contributed by atoms with Gasteiger partial charge in [-0.2, -0.15) is 0 Å². The Hall–Kier alpha value is -4.27. The lowest BCUT2D eigenvalue weighted by molar-refractivity contribution is 0.447. The van der Waals surface area contributed by atoms with Crippen molar-refractivity contribution in [3.8, 4) is 22.3 Å². The summed E-state index contributed by atoms with van der Waals surface area (Å²) in [4.78, 5) is 0. The molecule has 9 heteroatoms. The zero-order chi connectivity index (χ0) is 30.6. The molecule has 0 unspecified atom stereocenters. The molecule has 0 amide bonds. The van der Waals surface area contributed by atoms with Gasteiger partial charge in [0.05, 0.1) is 0 Å². The molecule has 0 aromatic heterocycles. The minimum Gasteiger partial charge on any atom is -0.209 e. The van der Waals surface area contributed by atoms with Crippen LogP contribution >= 0.6 is 0 Å². The Kier molecular flexibility index (Phi) is 9.60. The van der Waals surface area contributed by atoms with Gasteiger partial charge in [-0.25, -0.2) is 39.5 Å². The SMILES string of the molecule is CC=CCCC(F)=C(F)c1cc(F)c(CCc2ccc(-c3ccc(-c4cc(F)c(F)c(F)c4)c(F)c3)c(F)c2)c(F)c1. The summed E-state index contributed by atoms with van der Waals surface area (Å²) in [5.74, 6) is -11.0. The van der Waals surface area contributed by atoms with E-state index in [-0.39, 0.29) is 53.5 Å². The molecule has 0 fully saturated rings. The van der Waals surface area contributed by atoms with Gasteiger partial charge in [0, 0.05) is 28.7 Å². The predicted octanol–water partition coefficient (Wildman–Crippen LogP) is 10.7. The Morgan fingerprint density at radius 1 is 0.619 bits per heavy atom. The second-order valence-electron chi connectivity index (χ2n) is 9.51. The van der Waals surface area contributed by atoms with E-state index < -0.39 is 57.9 Å². The van der Waals surface area contributed by atoms with Crippen LogP contribution in [0.5, 0.6) is 0 Å². The van der Waals surface area contributed by atoms with Gasteiger partial charge >= 0.3 is 0 Å². The van der Waals surface area contributed by atoms with Crippen molar-refractivity contribution in [1.82, 2.24) is 0 Å². The van der Waals surface area contributed by atoms with Gasteiger partial charge in [-0.3, -0.25) is 0 Å². The highest BCUT2D eigenvalue weighted by Crippen LogP contribution is 2.32. The highest BCUT2D eigenvalue weighted by atomic mass is 19.2. The van der Waals surface area contributed by atoms with Crippen LogP contribution in [0.2, 0.25) is 0 Å². The molecule has 0 saturated carbocycles. The standard InChI is InChI=1S/C33H23F9/c1-2-3-4-5-25(34)32(41)21-16-28(37)24(29(38)17-21)10-7-18-6-9-22(26(35)12-18)19-8-11-23(27(36)13-19)20-14-30(39)33(42)31(40)15-20/h2-3,6,8-9,11-17H,4-5,7,10H2,1H3. The van der Waals surface area contributed by atoms with Gasteiger partial charge in [-0.15, -0.1) is 0 Å². The molecule has 4 rings (SSSR count). The summed E-state index contributed by atoms with van der Waals surface area (Å²) >= 11 is 0. The molecule has 4 aromatic rings. The van der Waals surface area contributed by atoms with E-state index in [1.807, 2.05) is 0 Å². The van der Waals surface area contributed by atoms with Gasteiger partial charge in [0.1, 0.15) is 29.1 Å². The van der Waals surface area contributed by atoms with Crippen molar-refractivity contribution in [1.29, 1.82) is 0 Å². The Morgan fingerprint density at radius 3 is 1.79 bits per heavy atom. The van der Waals surface area contributed by atoms with Crippen LogP contribution in [0.25, 0.3) is 28.1 Å². The largest absolute Gasteiger partial charge is 0.209 e. The van der Waals surface area contributed by atoms with Crippen molar-refractivity contribution in [2.24, 2.45) is 0 Å². The molecule has 0 N–H and O–H groups in total. The molecule has 0 nitrogen and oxygen atoms in total. The normalized spacial score (nSPS) is 12.2. The fourth-order valence-electron chi connectivity index (χ4n) is 4.46. The number of allylic oxidation sites excluding steroid dienone is 3. The maximum atomic E-state index is 15.0. The smallest absolute Gasteiger partial charge is 0.194 e. The van der Waals surface area contributed by atoms with E-state index >= 15 is 0 Å². The van der Waals surface area contributed by atoms with Gasteiger partial charge in [0.2, 0.25) is 0 Å². The first-order chi connectivity index (χ1) is 20.0. The lowest BCUT2D eigenvalue weighted by Gasteiger charge is -2.11. The van der Waals surface area contributed by atoms with Crippen LogP contribution < -0.4 is 0 Å². The van der Waals surface area contributed by atoms with Crippen molar-refractivity contribution in [2.75, 3.05) is 0 Å². The average molecular weight is 591 g/mol. The molecule has 0 bridgehead atoms. The second-order valence-corrected chi connectivity index (χ2v) is 9.51. The van der Waals surface area contributed by atoms with Crippen LogP contribution in [-0.4, -0.2) is 0 Å². The number of aryl methyl sites for hydroxylation is 1. The minimum atomic E-state index is -1.69. The molecule has 0 aliphatic carbocycles. The topological polar surface area (TPSA) is 0 Å². The Morgan fingerprint density at radius 2 is 1.19 bits per heavy atom. The van der Waals surface area contributed by atoms with E-state index in [0.29, 0.717) is 29.8 Å². The van der Waals surface area contributed by atoms with Crippen LogP contribution in [-0.2, 0) is 12.8 Å². The summed E-state index contributed by atoms with van der Waals surface area (Å²) in [5, 5.41) is 0. The lowest BCUT2D eigenvalue weighted by Crippen LogP contribution is -2.01. The third-order valence-electron chi connectivity index (χ3n) is 6.67. The van der Waals surface area contributed by atoms with E-state index in [1.54, 1.807) is 19.1 Å².